The lowest BCUT2D eigenvalue weighted by Gasteiger charge is -2.49. The van der Waals surface area contributed by atoms with E-state index in [1.54, 1.807) is 0 Å². The van der Waals surface area contributed by atoms with Gasteiger partial charge in [0.25, 0.3) is 0 Å². The molecule has 7 aliphatic rings. The molecule has 0 aromatic carbocycles. The molecule has 20 heteroatoms. The Kier molecular flexibility index (Phi) is 23.7. The molecule has 13 unspecified atom stereocenters. The van der Waals surface area contributed by atoms with Crippen molar-refractivity contribution in [2.75, 3.05) is 20.8 Å². The number of carbonyl (C=O) groups excluding carboxylic acids is 2. The quantitative estimate of drug-likeness (QED) is 0.138. The second-order valence-corrected chi connectivity index (χ2v) is 70.2. The number of rotatable bonds is 8. The molecule has 4 bridgehead atoms. The van der Waals surface area contributed by atoms with Gasteiger partial charge in [-0.3, -0.25) is 9.59 Å². The first kappa shape index (κ1) is 59.5. The van der Waals surface area contributed by atoms with Crippen LogP contribution in [0.5, 0.6) is 0 Å². The van der Waals surface area contributed by atoms with Crippen LogP contribution in [0.2, 0.25) is 0 Å². The minimum absolute atomic E-state index is 0.0436. The third-order valence-electron chi connectivity index (χ3n) is 17.1. The number of fused-ring (bicyclic) bond motifs is 1. The van der Waals surface area contributed by atoms with E-state index in [9.17, 15) is 9.59 Å². The first-order valence-corrected chi connectivity index (χ1v) is 47.5. The molecule has 356 valence electrons. The lowest BCUT2D eigenvalue weighted by Crippen LogP contribution is -2.54. The Morgan fingerprint density at radius 1 is 0.710 bits per heavy atom. The molecule has 7 fully saturated rings. The molecule has 6 aliphatic carbocycles. The van der Waals surface area contributed by atoms with Gasteiger partial charge in [-0.05, 0) is 147 Å². The molecule has 0 N–H and O–H groups in total. The average Bonchev–Trinajstić information content (AvgIpc) is 3.85. The van der Waals surface area contributed by atoms with Crippen molar-refractivity contribution in [2.45, 2.75) is 124 Å². The van der Waals surface area contributed by atoms with E-state index >= 15 is 0 Å². The molecule has 0 aromatic heterocycles. The fraction of sp³-hybridized carbons (Fsp3) is 0.810. The molecule has 6 saturated carbocycles. The van der Waals surface area contributed by atoms with Crippen LogP contribution in [-0.4, -0.2) is 50.2 Å². The molecule has 1 heterocycles. The van der Waals surface area contributed by atoms with Crippen LogP contribution < -0.4 is 0 Å². The summed E-state index contributed by atoms with van der Waals surface area (Å²) >= 11 is 0. The summed E-state index contributed by atoms with van der Waals surface area (Å²) in [5.74, 6) is 3.61. The standard InChI is InChI=1S/C21H32O3.C21H32O2.H10P8.H9P7/c1-6-19(4)11-15-13(2)7-9-20(14(3)18(19)22)10-8-16(23-5)17(20)21(15)12-24-21;1-7-20(5)12-16-13(2)8-10-21(15(4)19(20)22)11-9-17(23-6)18(21)14(16)3;1-6(2)8(5)7(3)4;1-5-7(4)6(2)3/h6,13-17H,1,7-12H2,2-5H3;7,13,15-18H,1,3,8-12H2,2,4-6H3;1-5H2;5H,1-4H2/t13-,14+,15-,16-,17?,19-,20+,21+;13-,15+,16-,17-,18?,20-,21+;;/m11../s1. The molecule has 1 spiro atoms. The number of Topliss-reactive ketones (excluding diaryl/α,β-unsaturated/α-hetero) is 2. The van der Waals surface area contributed by atoms with E-state index in [1.165, 1.54) is 18.4 Å². The topological polar surface area (TPSA) is 65.1 Å². The summed E-state index contributed by atoms with van der Waals surface area (Å²) in [6.07, 6.45) is 15.0. The van der Waals surface area contributed by atoms with Crippen LogP contribution in [0.25, 0.3) is 0 Å². The van der Waals surface area contributed by atoms with Crippen molar-refractivity contribution < 1.29 is 23.8 Å². The number of carbonyl (C=O) groups is 2. The van der Waals surface area contributed by atoms with Crippen molar-refractivity contribution in [3.05, 3.63) is 37.5 Å². The molecule has 0 amide bonds. The van der Waals surface area contributed by atoms with E-state index in [-0.39, 0.29) is 75.4 Å². The van der Waals surface area contributed by atoms with Crippen LogP contribution >= 0.6 is 123 Å². The highest BCUT2D eigenvalue weighted by Gasteiger charge is 2.73. The Labute approximate surface area is 406 Å². The molecule has 7 rings (SSSR count). The predicted molar refractivity (Wildman–Crippen MR) is 318 cm³/mol. The number of allylic oxidation sites excluding steroid dienone is 2. The second-order valence-electron chi connectivity index (χ2n) is 19.9. The van der Waals surface area contributed by atoms with Gasteiger partial charge in [-0.1, -0.05) is 60.0 Å². The monoisotopic (exact) mass is 1130 g/mol. The van der Waals surface area contributed by atoms with Gasteiger partial charge in [0.05, 0.1) is 18.8 Å². The average molecular weight is 1130 g/mol. The molecule has 26 atom stereocenters. The number of methoxy groups -OCH3 is 2. The van der Waals surface area contributed by atoms with E-state index in [2.05, 4.69) is 142 Å². The maximum absolute atomic E-state index is 13.5. The summed E-state index contributed by atoms with van der Waals surface area (Å²) in [6.45, 7) is 27.7. The zero-order chi connectivity index (χ0) is 46.9. The van der Waals surface area contributed by atoms with E-state index in [4.69, 9.17) is 14.2 Å². The Morgan fingerprint density at radius 3 is 1.60 bits per heavy atom. The Hall–Kier alpha value is 4.89. The van der Waals surface area contributed by atoms with Gasteiger partial charge >= 0.3 is 0 Å². The van der Waals surface area contributed by atoms with Crippen LogP contribution in [0.15, 0.2) is 37.5 Å². The minimum Gasteiger partial charge on any atom is -0.381 e. The van der Waals surface area contributed by atoms with Crippen LogP contribution in [0.3, 0.4) is 0 Å². The molecule has 62 heavy (non-hydrogen) atoms. The molecule has 1 saturated heterocycles. The lowest BCUT2D eigenvalue weighted by atomic mass is 9.54. The van der Waals surface area contributed by atoms with Gasteiger partial charge in [0.1, 0.15) is 17.2 Å². The third kappa shape index (κ3) is 12.1. The van der Waals surface area contributed by atoms with Crippen LogP contribution in [-0.2, 0) is 23.8 Å². The maximum Gasteiger partial charge on any atom is 0.145 e. The van der Waals surface area contributed by atoms with Crippen molar-refractivity contribution in [3.63, 3.8) is 0 Å². The van der Waals surface area contributed by atoms with Gasteiger partial charge < -0.3 is 14.2 Å². The van der Waals surface area contributed by atoms with Crippen LogP contribution in [0.1, 0.15) is 106 Å². The van der Waals surface area contributed by atoms with Gasteiger partial charge in [0, 0.05) is 48.7 Å². The van der Waals surface area contributed by atoms with E-state index in [1.807, 2.05) is 26.4 Å². The zero-order valence-electron chi connectivity index (χ0n) is 38.8. The van der Waals surface area contributed by atoms with Crippen molar-refractivity contribution in [3.8, 4) is 0 Å². The Morgan fingerprint density at radius 2 is 1.16 bits per heavy atom. The maximum atomic E-state index is 13.5. The fourth-order valence-electron chi connectivity index (χ4n) is 13.2. The number of epoxide rings is 1. The summed E-state index contributed by atoms with van der Waals surface area (Å²) in [4.78, 5) is 26.9. The van der Waals surface area contributed by atoms with Crippen molar-refractivity contribution in [1.82, 2.24) is 0 Å². The van der Waals surface area contributed by atoms with E-state index in [0.717, 1.165) is 65.9 Å². The second kappa shape index (κ2) is 24.7. The molecule has 0 aromatic rings. The largest absolute Gasteiger partial charge is 0.381 e. The van der Waals surface area contributed by atoms with Gasteiger partial charge in [0.2, 0.25) is 0 Å². The highest BCUT2D eigenvalue weighted by Crippen LogP contribution is 3.00. The lowest BCUT2D eigenvalue weighted by molar-refractivity contribution is -0.143. The number of hydrogen-bond acceptors (Lipinski definition) is 5. The van der Waals surface area contributed by atoms with E-state index < -0.39 is 10.8 Å². The number of ether oxygens (including phenoxy) is 3. The summed E-state index contributed by atoms with van der Waals surface area (Å²) in [5.41, 5.74) is 0.530. The van der Waals surface area contributed by atoms with Crippen LogP contribution in [0.4, 0.5) is 0 Å². The van der Waals surface area contributed by atoms with E-state index in [0.29, 0.717) is 47.1 Å². The van der Waals surface area contributed by atoms with Gasteiger partial charge in [-0.25, -0.2) is 0 Å². The smallest absolute Gasteiger partial charge is 0.145 e. The van der Waals surface area contributed by atoms with Gasteiger partial charge in [-0.2, -0.15) is 0 Å². The summed E-state index contributed by atoms with van der Waals surface area (Å²) in [7, 11) is 30.5. The first-order valence-electron chi connectivity index (χ1n) is 22.1. The van der Waals surface area contributed by atoms with Crippen molar-refractivity contribution in [2.24, 2.45) is 69.0 Å². The van der Waals surface area contributed by atoms with Crippen molar-refractivity contribution in [1.29, 1.82) is 0 Å². The highest BCUT2D eigenvalue weighted by atomic mass is 33.1. The minimum atomic E-state index is -0.426. The fourth-order valence-corrected chi connectivity index (χ4v) is 58.1. The molecule has 1 aliphatic heterocycles. The summed E-state index contributed by atoms with van der Waals surface area (Å²) in [6, 6.07) is 0. The van der Waals surface area contributed by atoms with Gasteiger partial charge in [-0.15, -0.1) is 93.5 Å². The molecule has 5 nitrogen and oxygen atoms in total. The predicted octanol–water partition coefficient (Wildman–Crippen LogP) is 16.6. The molecular weight excluding hydrogens is 1050 g/mol. The Balaban J connectivity index is 0.000000207. The SMILES string of the molecule is C=C[C@]1(C)C[C@@H]2[C@H](C)CC[C@]3(CC[C@@H](OC)C3[C@]23CO3)[C@@H](C)C1=O.C=C[C@]1(C)C[C@H]2C(=C)C3[C@H](OC)CC[C@@]3(CC[C@H]2C)[C@@H](C)C1=O.PP(P)P(P)P(P)P.PPP(P)P(P)P. The third-order valence-corrected chi connectivity index (χ3v) is 85.4. The summed E-state index contributed by atoms with van der Waals surface area (Å²) < 4.78 is 18.1. The van der Waals surface area contributed by atoms with Crippen LogP contribution in [0, 0.1) is 69.0 Å². The Bertz CT molecular complexity index is 1590. The van der Waals surface area contributed by atoms with Crippen molar-refractivity contribution >= 4 is 135 Å². The number of hydrogen-bond donors (Lipinski definition) is 0. The normalized spacial score (nSPS) is 43.9. The zero-order valence-corrected chi connectivity index (χ0v) is 54.7. The first-order chi connectivity index (χ1) is 28.9. The molecular formula is C42H83O5P15. The van der Waals surface area contributed by atoms with Gasteiger partial charge in [0.15, 0.2) is 0 Å². The summed E-state index contributed by atoms with van der Waals surface area (Å²) in [5, 5.41) is 0. The molecule has 0 radical (unpaired) electrons. The highest BCUT2D eigenvalue weighted by molar-refractivity contribution is 9.06. The number of ketones is 2.